The van der Waals surface area contributed by atoms with Gasteiger partial charge in [0, 0.05) is 27.2 Å². The summed E-state index contributed by atoms with van der Waals surface area (Å²) in [6.07, 6.45) is 10.0. The molecule has 12 rings (SSSR count). The molecule has 1 aliphatic heterocycles. The molecule has 3 atom stereocenters. The van der Waals surface area contributed by atoms with Crippen molar-refractivity contribution in [1.29, 1.82) is 0 Å². The molecular weight excluding hydrogens is 785 g/mol. The van der Waals surface area contributed by atoms with Crippen molar-refractivity contribution in [3.05, 3.63) is 241 Å². The van der Waals surface area contributed by atoms with E-state index in [0.717, 1.165) is 45.1 Å². The molecule has 0 spiro atoms. The fraction of sp³-hybridized carbons (Fsp3) is 0.0877. The van der Waals surface area contributed by atoms with E-state index >= 15 is 0 Å². The maximum atomic E-state index is 6.61. The van der Waals surface area contributed by atoms with Gasteiger partial charge in [0.05, 0.1) is 29.5 Å². The van der Waals surface area contributed by atoms with Crippen LogP contribution >= 0.6 is 0 Å². The molecule has 1 saturated heterocycles. The van der Waals surface area contributed by atoms with Gasteiger partial charge in [-0.25, -0.2) is 0 Å². The summed E-state index contributed by atoms with van der Waals surface area (Å²) in [5.74, 6) is 0. The van der Waals surface area contributed by atoms with Gasteiger partial charge >= 0.3 is 0 Å². The molecule has 3 N–H and O–H groups in total. The Morgan fingerprint density at radius 1 is 0.429 bits per heavy atom. The van der Waals surface area contributed by atoms with Gasteiger partial charge in [-0.1, -0.05) is 188 Å². The summed E-state index contributed by atoms with van der Waals surface area (Å²) >= 11 is 0. The van der Waals surface area contributed by atoms with Crippen molar-refractivity contribution in [2.24, 2.45) is 0 Å². The van der Waals surface area contributed by atoms with Crippen LogP contribution in [0.3, 0.4) is 0 Å². The zero-order chi connectivity index (χ0) is 41.7. The average molecular weight is 831 g/mol. The molecule has 0 amide bonds. The molecule has 8 aromatic carbocycles. The quantitative estimate of drug-likeness (QED) is 0.105. The summed E-state index contributed by atoms with van der Waals surface area (Å²) in [5.41, 5.74) is 9.12. The van der Waals surface area contributed by atoms with E-state index in [4.69, 9.17) is 4.42 Å². The molecule has 3 heterocycles. The van der Waals surface area contributed by atoms with Gasteiger partial charge in [0.1, 0.15) is 11.2 Å². The molecule has 304 valence electrons. The summed E-state index contributed by atoms with van der Waals surface area (Å²) in [4.78, 5) is 0. The van der Waals surface area contributed by atoms with Crippen molar-refractivity contribution in [1.82, 2.24) is 20.5 Å². The predicted molar refractivity (Wildman–Crippen MR) is 263 cm³/mol. The van der Waals surface area contributed by atoms with Gasteiger partial charge in [-0.2, -0.15) is 0 Å². The Balaban J connectivity index is 1.07. The van der Waals surface area contributed by atoms with Crippen LogP contribution < -0.4 is 31.5 Å². The number of aromatic nitrogens is 1. The monoisotopic (exact) mass is 830 g/mol. The Morgan fingerprint density at radius 3 is 1.67 bits per heavy atom. The number of benzene rings is 8. The minimum absolute atomic E-state index is 0.0613. The van der Waals surface area contributed by atoms with Gasteiger partial charge in [-0.15, -0.1) is 0 Å². The molecule has 6 heteroatoms. The summed E-state index contributed by atoms with van der Waals surface area (Å²) in [6.45, 7) is 0. The normalized spacial score (nSPS) is 19.0. The lowest BCUT2D eigenvalue weighted by Crippen LogP contribution is -2.69. The minimum atomic E-state index is -2.67. The van der Waals surface area contributed by atoms with E-state index in [-0.39, 0.29) is 18.5 Å². The van der Waals surface area contributed by atoms with E-state index < -0.39 is 8.07 Å². The van der Waals surface area contributed by atoms with Crippen molar-refractivity contribution in [3.63, 3.8) is 0 Å². The molecule has 63 heavy (non-hydrogen) atoms. The van der Waals surface area contributed by atoms with Crippen LogP contribution in [-0.4, -0.2) is 12.6 Å². The summed E-state index contributed by atoms with van der Waals surface area (Å²) in [7, 11) is -2.67. The predicted octanol–water partition coefficient (Wildman–Crippen LogP) is 11.2. The number of para-hydroxylation sites is 1. The maximum absolute atomic E-state index is 6.61. The number of rotatable bonds is 8. The topological polar surface area (TPSA) is 54.2 Å². The number of allylic oxidation sites excluding steroid dienone is 4. The second kappa shape index (κ2) is 15.7. The zero-order valence-corrected chi connectivity index (χ0v) is 35.7. The number of hydrogen-bond donors (Lipinski definition) is 3. The van der Waals surface area contributed by atoms with Gasteiger partial charge in [0.15, 0.2) is 8.07 Å². The lowest BCUT2D eigenvalue weighted by atomic mass is 10.0. The molecule has 3 unspecified atom stereocenters. The van der Waals surface area contributed by atoms with E-state index in [1.165, 1.54) is 43.0 Å². The first kappa shape index (κ1) is 37.7. The van der Waals surface area contributed by atoms with Crippen molar-refractivity contribution >= 4 is 67.4 Å². The van der Waals surface area contributed by atoms with E-state index in [9.17, 15) is 0 Å². The number of furan rings is 1. The molecule has 1 fully saturated rings. The lowest BCUT2D eigenvalue weighted by Gasteiger charge is -2.40. The highest BCUT2D eigenvalue weighted by Gasteiger charge is 2.45. The van der Waals surface area contributed by atoms with Crippen LogP contribution in [0.15, 0.2) is 229 Å². The van der Waals surface area contributed by atoms with Gasteiger partial charge in [0.25, 0.3) is 0 Å². The van der Waals surface area contributed by atoms with Crippen LogP contribution in [0.5, 0.6) is 0 Å². The summed E-state index contributed by atoms with van der Waals surface area (Å²) < 4.78 is 9.08. The molecule has 10 aromatic rings. The molecule has 5 nitrogen and oxygen atoms in total. The number of fused-ring (bicyclic) bond motifs is 6. The van der Waals surface area contributed by atoms with Crippen LogP contribution in [0.25, 0.3) is 49.4 Å². The number of nitrogens with zero attached hydrogens (tertiary/aromatic N) is 1. The van der Waals surface area contributed by atoms with Gasteiger partial charge in [-0.05, 0) is 80.6 Å². The molecule has 0 radical (unpaired) electrons. The molecule has 0 bridgehead atoms. The highest BCUT2D eigenvalue weighted by molar-refractivity contribution is 7.12. The van der Waals surface area contributed by atoms with E-state index in [0.29, 0.717) is 5.54 Å². The smallest absolute Gasteiger partial charge is 0.155 e. The molecule has 1 aliphatic carbocycles. The van der Waals surface area contributed by atoms with Crippen molar-refractivity contribution in [3.8, 4) is 5.69 Å². The fourth-order valence-corrected chi connectivity index (χ4v) is 15.9. The standard InChI is InChI=1S/C57H46N4OSi/c1-6-19-39(20-7-1)55-58-56(40-21-8-2-9-22-40)60-57(59-55)41-23-18-24-42(35-41)61-51-34-33-46(36-48(51)49-38-54-50(37-52(49)61)47-31-16-17-32-53(47)62-54)63(43-25-10-3-11-26-43,44-27-12-4-13-28-44)45-29-14-5-15-30-45/h1-29,31-38,45,55-60H,30H2. The maximum Gasteiger partial charge on any atom is 0.155 e. The molecule has 2 aromatic heterocycles. The Morgan fingerprint density at radius 2 is 1.02 bits per heavy atom. The first-order chi connectivity index (χ1) is 31.2. The van der Waals surface area contributed by atoms with Crippen LogP contribution in [0.1, 0.15) is 41.6 Å². The molecule has 2 aliphatic rings. The van der Waals surface area contributed by atoms with Gasteiger partial charge in [-0.3, -0.25) is 16.0 Å². The minimum Gasteiger partial charge on any atom is -0.456 e. The third-order valence-electron chi connectivity index (χ3n) is 13.4. The second-order valence-electron chi connectivity index (χ2n) is 16.9. The second-order valence-corrected chi connectivity index (χ2v) is 21.0. The Labute approximate surface area is 368 Å². The number of nitrogens with one attached hydrogen (secondary N) is 3. The first-order valence-electron chi connectivity index (χ1n) is 22.0. The largest absolute Gasteiger partial charge is 0.456 e. The SMILES string of the molecule is C1=CCC([Si](c2ccccc2)(c2ccccc2)c2ccc3c(c2)c2cc4oc5ccccc5c4cc2n3-c2cccc(C3NC(c4ccccc4)NC(c4ccccc4)N3)c2)C=C1. The Bertz CT molecular complexity index is 3230. The summed E-state index contributed by atoms with van der Waals surface area (Å²) in [6, 6.07) is 73.4. The average Bonchev–Trinajstić information content (AvgIpc) is 3.89. The highest BCUT2D eigenvalue weighted by atomic mass is 28.3. The summed E-state index contributed by atoms with van der Waals surface area (Å²) in [5, 5.41) is 20.5. The van der Waals surface area contributed by atoms with Crippen LogP contribution in [0.4, 0.5) is 0 Å². The third-order valence-corrected chi connectivity index (χ3v) is 18.7. The van der Waals surface area contributed by atoms with Crippen LogP contribution in [0.2, 0.25) is 5.54 Å². The Kier molecular flexibility index (Phi) is 9.38. The number of hydrogen-bond acceptors (Lipinski definition) is 4. The first-order valence-corrected chi connectivity index (χ1v) is 24.1. The van der Waals surface area contributed by atoms with Crippen LogP contribution in [-0.2, 0) is 0 Å². The third kappa shape index (κ3) is 6.41. The van der Waals surface area contributed by atoms with E-state index in [1.807, 2.05) is 0 Å². The van der Waals surface area contributed by atoms with Gasteiger partial charge < -0.3 is 8.98 Å². The van der Waals surface area contributed by atoms with E-state index in [1.54, 1.807) is 0 Å². The lowest BCUT2D eigenvalue weighted by molar-refractivity contribution is 0.203. The van der Waals surface area contributed by atoms with Gasteiger partial charge in [0.2, 0.25) is 0 Å². The van der Waals surface area contributed by atoms with Crippen molar-refractivity contribution in [2.75, 3.05) is 0 Å². The van der Waals surface area contributed by atoms with Crippen LogP contribution in [0, 0.1) is 0 Å². The highest BCUT2D eigenvalue weighted by Crippen LogP contribution is 2.40. The van der Waals surface area contributed by atoms with Crippen molar-refractivity contribution < 1.29 is 4.42 Å². The Hall–Kier alpha value is -7.06. The zero-order valence-electron chi connectivity index (χ0n) is 34.7. The fourth-order valence-electron chi connectivity index (χ4n) is 10.6. The molecular formula is C57H46N4OSi. The van der Waals surface area contributed by atoms with Crippen molar-refractivity contribution in [2.45, 2.75) is 30.5 Å². The van der Waals surface area contributed by atoms with E-state index in [2.05, 4.69) is 245 Å². The molecule has 0 saturated carbocycles.